The molecule has 1 aliphatic rings. The molecule has 5 rings (SSSR count). The highest BCUT2D eigenvalue weighted by molar-refractivity contribution is 5.96. The van der Waals surface area contributed by atoms with Crippen molar-refractivity contribution in [2.45, 2.75) is 6.54 Å². The summed E-state index contributed by atoms with van der Waals surface area (Å²) < 4.78 is 12.5. The molecule has 0 aliphatic carbocycles. The van der Waals surface area contributed by atoms with E-state index in [4.69, 9.17) is 9.47 Å². The Morgan fingerprint density at radius 2 is 1.88 bits per heavy atom. The van der Waals surface area contributed by atoms with Crippen LogP contribution in [0.5, 0.6) is 17.4 Å². The number of rotatable bonds is 6. The maximum absolute atomic E-state index is 12.2. The number of para-hydroxylation sites is 1. The van der Waals surface area contributed by atoms with Gasteiger partial charge in [0, 0.05) is 11.6 Å². The first kappa shape index (κ1) is 21.1. The van der Waals surface area contributed by atoms with Crippen LogP contribution >= 0.6 is 0 Å². The number of amides is 2. The van der Waals surface area contributed by atoms with Crippen LogP contribution in [0.15, 0.2) is 77.1 Å². The zero-order valence-electron chi connectivity index (χ0n) is 17.8. The van der Waals surface area contributed by atoms with Crippen LogP contribution in [0.2, 0.25) is 0 Å². The molecule has 2 aromatic carbocycles. The number of nitrogens with zero attached hydrogens (tertiary/aromatic N) is 4. The average Bonchev–Trinajstić information content (AvgIpc) is 3.44. The van der Waals surface area contributed by atoms with E-state index < -0.39 is 11.8 Å². The molecular weight excluding hydrogens is 438 g/mol. The van der Waals surface area contributed by atoms with Gasteiger partial charge < -0.3 is 24.5 Å². The summed E-state index contributed by atoms with van der Waals surface area (Å²) in [4.78, 5) is 28.2. The van der Waals surface area contributed by atoms with Crippen LogP contribution < -0.4 is 14.8 Å². The molecule has 0 unspecified atom stereocenters. The van der Waals surface area contributed by atoms with E-state index in [1.807, 2.05) is 30.3 Å². The summed E-state index contributed by atoms with van der Waals surface area (Å²) in [5.74, 6) is 0.0248. The van der Waals surface area contributed by atoms with Gasteiger partial charge in [0.2, 0.25) is 12.7 Å². The van der Waals surface area contributed by atoms with E-state index in [2.05, 4.69) is 20.5 Å². The molecule has 3 heterocycles. The summed E-state index contributed by atoms with van der Waals surface area (Å²) in [5.41, 5.74) is 1.97. The molecule has 10 nitrogen and oxygen atoms in total. The van der Waals surface area contributed by atoms with Crippen LogP contribution in [0.1, 0.15) is 16.1 Å². The first-order valence-corrected chi connectivity index (χ1v) is 10.4. The largest absolute Gasteiger partial charge is 0.493 e. The number of carbonyl (C=O) groups excluding carboxylic acids is 2. The van der Waals surface area contributed by atoms with Gasteiger partial charge in [0.1, 0.15) is 12.2 Å². The Balaban J connectivity index is 1.35. The highest BCUT2D eigenvalue weighted by atomic mass is 16.7. The standard InChI is InChI=1S/C24H19N5O5/c30-21(12-26-23(31)17-6-3-4-10-25-17)27-28-22-16-5-1-2-7-18(16)29(24(22)32)13-15-8-9-19-20(11-15)34-14-33-19/h1-11,32H,12-14H2,(H,26,31). The Bertz CT molecular complexity index is 1410. The van der Waals surface area contributed by atoms with E-state index in [9.17, 15) is 14.7 Å². The molecule has 0 atom stereocenters. The van der Waals surface area contributed by atoms with Crippen molar-refractivity contribution < 1.29 is 24.2 Å². The number of hydrogen-bond donors (Lipinski definition) is 2. The minimum Gasteiger partial charge on any atom is -0.493 e. The fourth-order valence-corrected chi connectivity index (χ4v) is 3.64. The van der Waals surface area contributed by atoms with E-state index in [-0.39, 0.29) is 30.6 Å². The zero-order valence-corrected chi connectivity index (χ0v) is 17.8. The molecule has 2 amide bonds. The number of ether oxygens (including phenoxy) is 2. The first-order chi connectivity index (χ1) is 16.6. The van der Waals surface area contributed by atoms with Crippen molar-refractivity contribution in [1.29, 1.82) is 0 Å². The fourth-order valence-electron chi connectivity index (χ4n) is 3.64. The van der Waals surface area contributed by atoms with Gasteiger partial charge in [-0.25, -0.2) is 0 Å². The third kappa shape index (κ3) is 4.16. The summed E-state index contributed by atoms with van der Waals surface area (Å²) >= 11 is 0. The Labute approximate surface area is 193 Å². The summed E-state index contributed by atoms with van der Waals surface area (Å²) in [5, 5.41) is 21.7. The number of carbonyl (C=O) groups is 2. The number of pyridine rings is 1. The van der Waals surface area contributed by atoms with Crippen LogP contribution in [0.3, 0.4) is 0 Å². The normalized spacial score (nSPS) is 12.4. The lowest BCUT2D eigenvalue weighted by Crippen LogP contribution is -2.29. The second-order valence-corrected chi connectivity index (χ2v) is 7.45. The lowest BCUT2D eigenvalue weighted by molar-refractivity contribution is -0.117. The van der Waals surface area contributed by atoms with E-state index >= 15 is 0 Å². The van der Waals surface area contributed by atoms with Gasteiger partial charge in [-0.2, -0.15) is 0 Å². The molecule has 170 valence electrons. The number of nitrogens with one attached hydrogen (secondary N) is 1. The molecule has 0 spiro atoms. The quantitative estimate of drug-likeness (QED) is 0.426. The number of hydrogen-bond acceptors (Lipinski definition) is 7. The SMILES string of the molecule is O=C(CNC(=O)c1ccccn1)N=Nc1c(O)n(Cc2ccc3c(c2)OCO3)c2ccccc12. The van der Waals surface area contributed by atoms with Gasteiger partial charge in [0.25, 0.3) is 11.8 Å². The maximum Gasteiger partial charge on any atom is 0.283 e. The van der Waals surface area contributed by atoms with Gasteiger partial charge in [-0.05, 0) is 35.9 Å². The molecule has 0 fully saturated rings. The third-order valence-corrected chi connectivity index (χ3v) is 5.25. The van der Waals surface area contributed by atoms with Crippen LogP contribution in [0.25, 0.3) is 10.9 Å². The van der Waals surface area contributed by atoms with Gasteiger partial charge >= 0.3 is 0 Å². The highest BCUT2D eigenvalue weighted by Gasteiger charge is 2.19. The van der Waals surface area contributed by atoms with Gasteiger partial charge in [0.15, 0.2) is 17.2 Å². The molecule has 0 saturated carbocycles. The van der Waals surface area contributed by atoms with Crippen LogP contribution in [0, 0.1) is 0 Å². The summed E-state index contributed by atoms with van der Waals surface area (Å²) in [6.07, 6.45) is 1.48. The Morgan fingerprint density at radius 3 is 2.74 bits per heavy atom. The predicted molar refractivity (Wildman–Crippen MR) is 121 cm³/mol. The number of azo groups is 1. The minimum absolute atomic E-state index is 0.132. The van der Waals surface area contributed by atoms with Crippen LogP contribution in [-0.4, -0.2) is 39.8 Å². The van der Waals surface area contributed by atoms with E-state index in [0.717, 1.165) is 11.1 Å². The average molecular weight is 457 g/mol. The molecule has 2 aromatic heterocycles. The van der Waals surface area contributed by atoms with Gasteiger partial charge in [-0.1, -0.05) is 30.3 Å². The van der Waals surface area contributed by atoms with E-state index in [0.29, 0.717) is 23.4 Å². The Hall–Kier alpha value is -4.73. The smallest absolute Gasteiger partial charge is 0.283 e. The van der Waals surface area contributed by atoms with Crippen molar-refractivity contribution in [3.8, 4) is 17.4 Å². The number of fused-ring (bicyclic) bond motifs is 2. The van der Waals surface area contributed by atoms with Crippen LogP contribution in [0.4, 0.5) is 5.69 Å². The van der Waals surface area contributed by atoms with Gasteiger partial charge in [-0.15, -0.1) is 10.2 Å². The minimum atomic E-state index is -0.670. The topological polar surface area (TPSA) is 127 Å². The maximum atomic E-state index is 12.2. The molecule has 34 heavy (non-hydrogen) atoms. The first-order valence-electron chi connectivity index (χ1n) is 10.4. The molecule has 4 aromatic rings. The number of benzene rings is 2. The van der Waals surface area contributed by atoms with Crippen molar-refractivity contribution in [3.05, 3.63) is 78.1 Å². The summed E-state index contributed by atoms with van der Waals surface area (Å²) in [6.45, 7) is 0.166. The summed E-state index contributed by atoms with van der Waals surface area (Å²) in [7, 11) is 0. The van der Waals surface area contributed by atoms with E-state index in [1.165, 1.54) is 12.3 Å². The van der Waals surface area contributed by atoms with Crippen molar-refractivity contribution >= 4 is 28.4 Å². The van der Waals surface area contributed by atoms with Gasteiger partial charge in [-0.3, -0.25) is 14.6 Å². The molecule has 0 radical (unpaired) electrons. The van der Waals surface area contributed by atoms with Gasteiger partial charge in [0.05, 0.1) is 12.1 Å². The molecule has 0 bridgehead atoms. The molecule has 0 saturated heterocycles. The lowest BCUT2D eigenvalue weighted by atomic mass is 10.2. The number of aromatic hydroxyl groups is 1. The second kappa shape index (κ2) is 9.02. The lowest BCUT2D eigenvalue weighted by Gasteiger charge is -2.08. The highest BCUT2D eigenvalue weighted by Crippen LogP contribution is 2.40. The molecule has 1 aliphatic heterocycles. The monoisotopic (exact) mass is 457 g/mol. The Kier molecular flexibility index (Phi) is 5.61. The van der Waals surface area contributed by atoms with Crippen LogP contribution in [-0.2, 0) is 11.3 Å². The molecule has 2 N–H and O–H groups in total. The predicted octanol–water partition coefficient (Wildman–Crippen LogP) is 3.56. The molecular formula is C24H19N5O5. The van der Waals surface area contributed by atoms with Crippen molar-refractivity contribution in [1.82, 2.24) is 14.9 Å². The van der Waals surface area contributed by atoms with Crippen molar-refractivity contribution in [2.24, 2.45) is 10.2 Å². The zero-order chi connectivity index (χ0) is 23.5. The molecule has 10 heteroatoms. The van der Waals surface area contributed by atoms with Crippen molar-refractivity contribution in [2.75, 3.05) is 13.3 Å². The second-order valence-electron chi connectivity index (χ2n) is 7.45. The Morgan fingerprint density at radius 1 is 1.06 bits per heavy atom. The fraction of sp³-hybridized carbons (Fsp3) is 0.125. The number of aromatic nitrogens is 2. The summed E-state index contributed by atoms with van der Waals surface area (Å²) in [6, 6.07) is 17.7. The van der Waals surface area contributed by atoms with E-state index in [1.54, 1.807) is 28.8 Å². The third-order valence-electron chi connectivity index (χ3n) is 5.25. The van der Waals surface area contributed by atoms with Crippen molar-refractivity contribution in [3.63, 3.8) is 0 Å².